The maximum absolute atomic E-state index is 3.96. The molecule has 0 spiro atoms. The van der Waals surface area contributed by atoms with E-state index in [0.29, 0.717) is 0 Å². The fourth-order valence-corrected chi connectivity index (χ4v) is 0.819. The van der Waals surface area contributed by atoms with Crippen molar-refractivity contribution < 1.29 is 0 Å². The zero-order valence-corrected chi connectivity index (χ0v) is 6.67. The summed E-state index contributed by atoms with van der Waals surface area (Å²) in [5.41, 5.74) is 1.11. The summed E-state index contributed by atoms with van der Waals surface area (Å²) in [6.45, 7) is 1.98. The maximum atomic E-state index is 3.96. The van der Waals surface area contributed by atoms with Gasteiger partial charge in [-0.1, -0.05) is 0 Å². The zero-order valence-electron chi connectivity index (χ0n) is 4.96. The summed E-state index contributed by atoms with van der Waals surface area (Å²) in [5, 5.41) is 1.97. The predicted molar refractivity (Wildman–Crippen MR) is 41.8 cm³/mol. The highest BCUT2D eigenvalue weighted by Gasteiger charge is 1.76. The summed E-state index contributed by atoms with van der Waals surface area (Å²) >= 11 is 5.02. The molecule has 1 heterocycles. The topological polar surface area (TPSA) is 12.9 Å². The average molecular weight is 147 g/mol. The van der Waals surface area contributed by atoms with Crippen LogP contribution in [0.5, 0.6) is 0 Å². The van der Waals surface area contributed by atoms with Crippen LogP contribution in [0, 0.1) is 6.92 Å². The van der Waals surface area contributed by atoms with Crippen LogP contribution in [0.4, 0.5) is 0 Å². The third-order valence-corrected chi connectivity index (χ3v) is 1.22. The van der Waals surface area contributed by atoms with Gasteiger partial charge < -0.3 is 0 Å². The quantitative estimate of drug-likeness (QED) is 0.554. The van der Waals surface area contributed by atoms with E-state index in [1.165, 1.54) is 11.5 Å². The highest BCUT2D eigenvalue weighted by atomic mass is 32.1. The Morgan fingerprint density at radius 2 is 2.25 bits per heavy atom. The molecule has 0 fully saturated rings. The van der Waals surface area contributed by atoms with Gasteiger partial charge in [0.15, 0.2) is 0 Å². The minimum Gasteiger partial charge on any atom is -0.198 e. The molecule has 1 aromatic rings. The fraction of sp³-hybridized carbons (Fsp3) is 0.400. The van der Waals surface area contributed by atoms with Crippen LogP contribution in [-0.2, 0) is 0 Å². The smallest absolute Gasteiger partial charge is 0.0511 e. The third-order valence-electron chi connectivity index (χ3n) is 0.567. The van der Waals surface area contributed by atoms with Crippen LogP contribution >= 0.6 is 24.2 Å². The van der Waals surface area contributed by atoms with E-state index in [4.69, 9.17) is 0 Å². The second-order valence-electron chi connectivity index (χ2n) is 1.14. The van der Waals surface area contributed by atoms with Crippen molar-refractivity contribution in [3.8, 4) is 0 Å². The second-order valence-corrected chi connectivity index (χ2v) is 1.81. The summed E-state index contributed by atoms with van der Waals surface area (Å²) < 4.78 is 3.96. The molecule has 0 aliphatic heterocycles. The third kappa shape index (κ3) is 3.04. The molecular formula is C5H9NS2. The van der Waals surface area contributed by atoms with E-state index < -0.39 is 0 Å². The molecule has 0 saturated carbocycles. The second kappa shape index (κ2) is 5.12. The summed E-state index contributed by atoms with van der Waals surface area (Å²) in [6.07, 6.45) is 1.69. The first-order chi connectivity index (χ1) is 3.89. The van der Waals surface area contributed by atoms with E-state index in [0.717, 1.165) is 5.69 Å². The van der Waals surface area contributed by atoms with Crippen LogP contribution in [-0.4, -0.2) is 10.6 Å². The largest absolute Gasteiger partial charge is 0.198 e. The molecule has 1 nitrogen and oxygen atoms in total. The molecule has 8 heavy (non-hydrogen) atoms. The van der Waals surface area contributed by atoms with E-state index in [2.05, 4.69) is 17.0 Å². The molecule has 0 radical (unpaired) electrons. The van der Waals surface area contributed by atoms with Gasteiger partial charge in [-0.3, -0.25) is 0 Å². The van der Waals surface area contributed by atoms with Gasteiger partial charge in [-0.15, -0.1) is 0 Å². The van der Waals surface area contributed by atoms with Crippen molar-refractivity contribution in [1.82, 2.24) is 4.37 Å². The van der Waals surface area contributed by atoms with Gasteiger partial charge in [0, 0.05) is 5.38 Å². The Morgan fingerprint density at radius 1 is 1.62 bits per heavy atom. The molecule has 3 heteroatoms. The fourth-order valence-electron chi connectivity index (χ4n) is 0.273. The van der Waals surface area contributed by atoms with Gasteiger partial charge in [0.25, 0.3) is 0 Å². The van der Waals surface area contributed by atoms with Crippen LogP contribution in [0.3, 0.4) is 0 Å². The van der Waals surface area contributed by atoms with Crippen molar-refractivity contribution in [2.45, 2.75) is 6.92 Å². The minimum absolute atomic E-state index is 1.11. The molecule has 46 valence electrons. The molecule has 0 unspecified atom stereocenters. The predicted octanol–water partition coefficient (Wildman–Crippen LogP) is 2.00. The number of nitrogens with zero attached hydrogens (tertiary/aromatic N) is 1. The highest BCUT2D eigenvalue weighted by molar-refractivity contribution is 7.79. The lowest BCUT2D eigenvalue weighted by Gasteiger charge is -1.64. The van der Waals surface area contributed by atoms with Gasteiger partial charge in [-0.25, -0.2) is 0 Å². The lowest BCUT2D eigenvalue weighted by Crippen LogP contribution is -1.57. The van der Waals surface area contributed by atoms with Crippen LogP contribution < -0.4 is 0 Å². The number of hydrogen-bond acceptors (Lipinski definition) is 3. The molecule has 1 rings (SSSR count). The monoisotopic (exact) mass is 147 g/mol. The van der Waals surface area contributed by atoms with Crippen LogP contribution in [0.25, 0.3) is 0 Å². The van der Waals surface area contributed by atoms with Crippen molar-refractivity contribution in [3.05, 3.63) is 17.1 Å². The zero-order chi connectivity index (χ0) is 6.41. The standard InChI is InChI=1S/C4H5NS.CH4S/c1-4-2-3-6-5-4;1-2/h2-3H,1H3;2H,1H3. The number of aromatic nitrogens is 1. The first-order valence-electron chi connectivity index (χ1n) is 2.21. The van der Waals surface area contributed by atoms with E-state index in [9.17, 15) is 0 Å². The summed E-state index contributed by atoms with van der Waals surface area (Å²) in [6, 6.07) is 1.99. The van der Waals surface area contributed by atoms with Crippen molar-refractivity contribution in [2.24, 2.45) is 0 Å². The van der Waals surface area contributed by atoms with Crippen molar-refractivity contribution in [1.29, 1.82) is 0 Å². The molecule has 0 saturated heterocycles. The Balaban J connectivity index is 0.000000222. The number of aryl methyl sites for hydroxylation is 1. The van der Waals surface area contributed by atoms with Crippen LogP contribution in [0.15, 0.2) is 11.4 Å². The van der Waals surface area contributed by atoms with Gasteiger partial charge in [0.2, 0.25) is 0 Å². The molecule has 0 atom stereocenters. The molecule has 0 aliphatic carbocycles. The van der Waals surface area contributed by atoms with E-state index >= 15 is 0 Å². The van der Waals surface area contributed by atoms with Crippen molar-refractivity contribution in [3.63, 3.8) is 0 Å². The van der Waals surface area contributed by atoms with Gasteiger partial charge in [0.1, 0.15) is 0 Å². The summed E-state index contributed by atoms with van der Waals surface area (Å²) in [4.78, 5) is 0. The number of rotatable bonds is 0. The van der Waals surface area contributed by atoms with E-state index in [-0.39, 0.29) is 0 Å². The lowest BCUT2D eigenvalue weighted by molar-refractivity contribution is 1.35. The first kappa shape index (κ1) is 7.98. The Hall–Kier alpha value is -0.0200. The van der Waals surface area contributed by atoms with E-state index in [1.807, 2.05) is 18.4 Å². The number of thiol groups is 1. The van der Waals surface area contributed by atoms with Crippen molar-refractivity contribution >= 4 is 24.2 Å². The molecule has 0 aliphatic rings. The first-order valence-corrected chi connectivity index (χ1v) is 3.94. The van der Waals surface area contributed by atoms with Gasteiger partial charge in [-0.2, -0.15) is 17.0 Å². The molecule has 0 amide bonds. The van der Waals surface area contributed by atoms with Crippen LogP contribution in [0.2, 0.25) is 0 Å². The van der Waals surface area contributed by atoms with Gasteiger partial charge >= 0.3 is 0 Å². The minimum atomic E-state index is 1.11. The Bertz CT molecular complexity index is 114. The molecule has 0 bridgehead atoms. The molecule has 0 N–H and O–H groups in total. The average Bonchev–Trinajstić information content (AvgIpc) is 2.24. The van der Waals surface area contributed by atoms with Crippen LogP contribution in [0.1, 0.15) is 5.69 Å². The number of hydrogen-bond donors (Lipinski definition) is 1. The Labute approximate surface area is 59.3 Å². The van der Waals surface area contributed by atoms with E-state index in [1.54, 1.807) is 6.26 Å². The normalized spacial score (nSPS) is 7.38. The molecule has 0 aromatic carbocycles. The van der Waals surface area contributed by atoms with Gasteiger partial charge in [-0.05, 0) is 30.8 Å². The van der Waals surface area contributed by atoms with Gasteiger partial charge in [0.05, 0.1) is 5.69 Å². The Kier molecular flexibility index (Phi) is 5.11. The summed E-state index contributed by atoms with van der Waals surface area (Å²) in [5.74, 6) is 0. The SMILES string of the molecule is CS.Cc1ccsn1. The molecular weight excluding hydrogens is 138 g/mol. The van der Waals surface area contributed by atoms with Crippen molar-refractivity contribution in [2.75, 3.05) is 6.26 Å². The maximum Gasteiger partial charge on any atom is 0.0511 e. The lowest BCUT2D eigenvalue weighted by atomic mass is 10.5. The molecule has 1 aromatic heterocycles. The summed E-state index contributed by atoms with van der Waals surface area (Å²) in [7, 11) is 0. The highest BCUT2D eigenvalue weighted by Crippen LogP contribution is 1.94. The Morgan fingerprint density at radius 3 is 2.38 bits per heavy atom.